The number of rotatable bonds is 8. The van der Waals surface area contributed by atoms with Crippen molar-refractivity contribution in [1.29, 1.82) is 0 Å². The third-order valence-electron chi connectivity index (χ3n) is 4.06. The summed E-state index contributed by atoms with van der Waals surface area (Å²) in [4.78, 5) is 3.82. The summed E-state index contributed by atoms with van der Waals surface area (Å²) in [6.07, 6.45) is 2.32. The van der Waals surface area contributed by atoms with Gasteiger partial charge in [0.2, 0.25) is 10.0 Å². The summed E-state index contributed by atoms with van der Waals surface area (Å²) in [6.45, 7) is 3.48. The Labute approximate surface area is 168 Å². The molecule has 148 valence electrons. The summed E-state index contributed by atoms with van der Waals surface area (Å²) in [6, 6.07) is 4.65. The van der Waals surface area contributed by atoms with Crippen LogP contribution < -0.4 is 4.72 Å². The molecule has 1 heterocycles. The topological polar surface area (TPSA) is 79.3 Å². The number of aliphatic hydroxyl groups is 1. The Bertz CT molecular complexity index is 907. The third kappa shape index (κ3) is 5.86. The molecule has 1 aromatic heterocycles. The minimum absolute atomic E-state index is 0.0803. The summed E-state index contributed by atoms with van der Waals surface area (Å²) in [5, 5.41) is 9.86. The molecule has 5 nitrogen and oxygen atoms in total. The van der Waals surface area contributed by atoms with Crippen LogP contribution in [-0.2, 0) is 10.0 Å². The van der Waals surface area contributed by atoms with Crippen LogP contribution in [0, 0.1) is 5.82 Å². The first-order chi connectivity index (χ1) is 12.6. The largest absolute Gasteiger partial charge is 0.393 e. The second-order valence-electron chi connectivity index (χ2n) is 6.28. The molecule has 0 aliphatic heterocycles. The molecule has 2 aromatic rings. The molecule has 0 saturated carbocycles. The molecule has 0 saturated heterocycles. The standard InChI is InChI=1S/C18H21Cl2FN2O3S/c1-3-13(5-4-11(2)24)23-27(25,26)14-6-7-15(17(21)9-14)18-16(20)8-12(19)10-22-18/h6-11,13,23-24H,3-5H2,1-2H3/t11-,13+/m0/s1. The second kappa shape index (κ2) is 9.30. The third-order valence-corrected chi connectivity index (χ3v) is 6.07. The minimum Gasteiger partial charge on any atom is -0.393 e. The highest BCUT2D eigenvalue weighted by Crippen LogP contribution is 2.31. The molecule has 0 aliphatic rings. The molecule has 0 radical (unpaired) electrons. The molecule has 0 spiro atoms. The smallest absolute Gasteiger partial charge is 0.240 e. The van der Waals surface area contributed by atoms with Crippen LogP contribution in [0.25, 0.3) is 11.3 Å². The quantitative estimate of drug-likeness (QED) is 0.644. The van der Waals surface area contributed by atoms with Crippen molar-refractivity contribution in [2.75, 3.05) is 0 Å². The molecule has 0 fully saturated rings. The van der Waals surface area contributed by atoms with Gasteiger partial charge in [-0.2, -0.15) is 0 Å². The van der Waals surface area contributed by atoms with E-state index in [1.807, 2.05) is 6.92 Å². The van der Waals surface area contributed by atoms with Crippen molar-refractivity contribution in [3.63, 3.8) is 0 Å². The summed E-state index contributed by atoms with van der Waals surface area (Å²) in [7, 11) is -3.90. The maximum atomic E-state index is 14.6. The van der Waals surface area contributed by atoms with E-state index >= 15 is 0 Å². The Morgan fingerprint density at radius 1 is 1.26 bits per heavy atom. The van der Waals surface area contributed by atoms with Gasteiger partial charge in [0.25, 0.3) is 0 Å². The van der Waals surface area contributed by atoms with E-state index < -0.39 is 21.9 Å². The zero-order valence-electron chi connectivity index (χ0n) is 14.9. The molecule has 0 unspecified atom stereocenters. The van der Waals surface area contributed by atoms with Gasteiger partial charge in [0.15, 0.2) is 0 Å². The minimum atomic E-state index is -3.90. The number of pyridine rings is 1. The molecule has 2 atom stereocenters. The SMILES string of the molecule is CC[C@H](CC[C@H](C)O)NS(=O)(=O)c1ccc(-c2ncc(Cl)cc2Cl)c(F)c1. The highest BCUT2D eigenvalue weighted by Gasteiger charge is 2.22. The maximum absolute atomic E-state index is 14.6. The molecular formula is C18H21Cl2FN2O3S. The van der Waals surface area contributed by atoms with Gasteiger partial charge in [-0.25, -0.2) is 17.5 Å². The van der Waals surface area contributed by atoms with Gasteiger partial charge in [0.05, 0.1) is 26.7 Å². The van der Waals surface area contributed by atoms with E-state index in [0.29, 0.717) is 24.3 Å². The fourth-order valence-corrected chi connectivity index (χ4v) is 4.39. The van der Waals surface area contributed by atoms with Gasteiger partial charge in [0, 0.05) is 17.8 Å². The number of hydrogen-bond donors (Lipinski definition) is 2. The van der Waals surface area contributed by atoms with E-state index in [1.54, 1.807) is 6.92 Å². The van der Waals surface area contributed by atoms with Crippen LogP contribution in [0.4, 0.5) is 4.39 Å². The number of halogens is 3. The Balaban J connectivity index is 2.27. The Hall–Kier alpha value is -1.25. The van der Waals surface area contributed by atoms with Gasteiger partial charge in [-0.15, -0.1) is 0 Å². The van der Waals surface area contributed by atoms with Gasteiger partial charge in [-0.1, -0.05) is 30.1 Å². The number of benzene rings is 1. The van der Waals surface area contributed by atoms with Gasteiger partial charge in [-0.3, -0.25) is 4.98 Å². The molecule has 2 rings (SSSR count). The summed E-state index contributed by atoms with van der Waals surface area (Å²) in [5.74, 6) is -0.758. The lowest BCUT2D eigenvalue weighted by atomic mass is 10.1. The Morgan fingerprint density at radius 2 is 1.96 bits per heavy atom. The normalized spacial score (nSPS) is 14.1. The van der Waals surface area contributed by atoms with Gasteiger partial charge >= 0.3 is 0 Å². The Kier molecular flexibility index (Phi) is 7.59. The molecule has 2 N–H and O–H groups in total. The first kappa shape index (κ1) is 22.0. The Morgan fingerprint density at radius 3 is 2.52 bits per heavy atom. The van der Waals surface area contributed by atoms with Crippen LogP contribution in [-0.4, -0.2) is 30.7 Å². The zero-order valence-corrected chi connectivity index (χ0v) is 17.2. The number of aromatic nitrogens is 1. The van der Waals surface area contributed by atoms with Crippen molar-refractivity contribution in [2.45, 2.75) is 50.2 Å². The summed E-state index contributed by atoms with van der Waals surface area (Å²) < 4.78 is 42.2. The number of sulfonamides is 1. The fourth-order valence-electron chi connectivity index (χ4n) is 2.54. The monoisotopic (exact) mass is 434 g/mol. The van der Waals surface area contributed by atoms with Crippen LogP contribution in [0.2, 0.25) is 10.0 Å². The number of hydrogen-bond acceptors (Lipinski definition) is 4. The number of nitrogens with zero attached hydrogens (tertiary/aromatic N) is 1. The van der Waals surface area contributed by atoms with E-state index in [2.05, 4.69) is 9.71 Å². The van der Waals surface area contributed by atoms with Crippen molar-refractivity contribution >= 4 is 33.2 Å². The zero-order chi connectivity index (χ0) is 20.2. The number of nitrogens with one attached hydrogen (secondary N) is 1. The number of aliphatic hydroxyl groups excluding tert-OH is 1. The molecular weight excluding hydrogens is 414 g/mol. The van der Waals surface area contributed by atoms with Crippen molar-refractivity contribution in [3.05, 3.63) is 46.3 Å². The van der Waals surface area contributed by atoms with Crippen molar-refractivity contribution in [1.82, 2.24) is 9.71 Å². The van der Waals surface area contributed by atoms with Crippen LogP contribution in [0.15, 0.2) is 35.4 Å². The van der Waals surface area contributed by atoms with Crippen LogP contribution in [0.3, 0.4) is 0 Å². The highest BCUT2D eigenvalue weighted by atomic mass is 35.5. The summed E-state index contributed by atoms with van der Waals surface area (Å²) in [5.41, 5.74) is 0.260. The lowest BCUT2D eigenvalue weighted by Gasteiger charge is -2.18. The predicted octanol–water partition coefficient (Wildman–Crippen LogP) is 4.41. The predicted molar refractivity (Wildman–Crippen MR) is 105 cm³/mol. The van der Waals surface area contributed by atoms with Gasteiger partial charge < -0.3 is 5.11 Å². The maximum Gasteiger partial charge on any atom is 0.240 e. The van der Waals surface area contributed by atoms with Gasteiger partial charge in [0.1, 0.15) is 5.82 Å². The van der Waals surface area contributed by atoms with E-state index in [0.717, 1.165) is 6.07 Å². The molecule has 1 aromatic carbocycles. The molecule has 0 amide bonds. The van der Waals surface area contributed by atoms with Crippen molar-refractivity contribution < 1.29 is 17.9 Å². The lowest BCUT2D eigenvalue weighted by Crippen LogP contribution is -2.35. The molecule has 27 heavy (non-hydrogen) atoms. The molecule has 0 bridgehead atoms. The average molecular weight is 435 g/mol. The van der Waals surface area contributed by atoms with Crippen LogP contribution >= 0.6 is 23.2 Å². The van der Waals surface area contributed by atoms with Crippen LogP contribution in [0.5, 0.6) is 0 Å². The van der Waals surface area contributed by atoms with E-state index in [9.17, 15) is 17.9 Å². The molecule has 9 heteroatoms. The average Bonchev–Trinajstić information content (AvgIpc) is 2.59. The van der Waals surface area contributed by atoms with Crippen molar-refractivity contribution in [2.24, 2.45) is 0 Å². The second-order valence-corrected chi connectivity index (χ2v) is 8.84. The van der Waals surface area contributed by atoms with E-state index in [1.165, 1.54) is 24.4 Å². The summed E-state index contributed by atoms with van der Waals surface area (Å²) >= 11 is 11.8. The van der Waals surface area contributed by atoms with Crippen molar-refractivity contribution in [3.8, 4) is 11.3 Å². The van der Waals surface area contributed by atoms with E-state index in [4.69, 9.17) is 23.2 Å². The van der Waals surface area contributed by atoms with Gasteiger partial charge in [-0.05, 0) is 50.5 Å². The first-order valence-electron chi connectivity index (χ1n) is 8.45. The lowest BCUT2D eigenvalue weighted by molar-refractivity contribution is 0.177. The fraction of sp³-hybridized carbons (Fsp3) is 0.389. The molecule has 0 aliphatic carbocycles. The first-order valence-corrected chi connectivity index (χ1v) is 10.7. The van der Waals surface area contributed by atoms with E-state index in [-0.39, 0.29) is 27.2 Å². The van der Waals surface area contributed by atoms with Crippen LogP contribution in [0.1, 0.15) is 33.1 Å². The highest BCUT2D eigenvalue weighted by molar-refractivity contribution is 7.89.